The summed E-state index contributed by atoms with van der Waals surface area (Å²) in [6.07, 6.45) is 4.66. The Morgan fingerprint density at radius 1 is 1.22 bits per heavy atom. The van der Waals surface area contributed by atoms with Crippen molar-refractivity contribution >= 4 is 21.9 Å². The van der Waals surface area contributed by atoms with Crippen molar-refractivity contribution in [2.75, 3.05) is 6.61 Å². The van der Waals surface area contributed by atoms with Gasteiger partial charge in [0, 0.05) is 23.8 Å². The van der Waals surface area contributed by atoms with Gasteiger partial charge < -0.3 is 14.3 Å². The molecule has 1 N–H and O–H groups in total. The minimum atomic E-state index is -0.294. The molecule has 7 heteroatoms. The normalized spacial score (nSPS) is 17.8. The van der Waals surface area contributed by atoms with E-state index in [9.17, 15) is 9.18 Å². The van der Waals surface area contributed by atoms with Gasteiger partial charge in [0.1, 0.15) is 5.82 Å². The second kappa shape index (κ2) is 6.06. The Bertz CT molecular complexity index is 1210. The van der Waals surface area contributed by atoms with Crippen LogP contribution >= 0.6 is 0 Å². The zero-order chi connectivity index (χ0) is 18.5. The van der Waals surface area contributed by atoms with E-state index in [4.69, 9.17) is 4.74 Å². The molecule has 5 rings (SSSR count). The summed E-state index contributed by atoms with van der Waals surface area (Å²) in [5.41, 5.74) is 4.00. The highest BCUT2D eigenvalue weighted by Crippen LogP contribution is 2.35. The van der Waals surface area contributed by atoms with E-state index >= 15 is 0 Å². The third kappa shape index (κ3) is 2.49. The Kier molecular flexibility index (Phi) is 3.65. The molecule has 1 atom stereocenters. The molecule has 1 fully saturated rings. The van der Waals surface area contributed by atoms with Gasteiger partial charge in [-0.1, -0.05) is 0 Å². The number of H-pyrrole nitrogens is 1. The summed E-state index contributed by atoms with van der Waals surface area (Å²) in [4.78, 5) is 14.5. The zero-order valence-corrected chi connectivity index (χ0v) is 14.9. The van der Waals surface area contributed by atoms with Crippen LogP contribution in [0.15, 0.2) is 41.3 Å². The van der Waals surface area contributed by atoms with E-state index < -0.39 is 0 Å². The standard InChI is InChI=1S/C20H19FN4O2/c1-12-15(7-8-18(26)23-12)24-16-6-5-13(21)10-14(16)20-17(24)11-22-25(20)19-4-2-3-9-27-19/h5-8,10-11,19H,2-4,9H2,1H3,(H,23,26). The van der Waals surface area contributed by atoms with Gasteiger partial charge in [0.2, 0.25) is 5.56 Å². The van der Waals surface area contributed by atoms with Crippen LogP contribution in [0.25, 0.3) is 27.6 Å². The van der Waals surface area contributed by atoms with Crippen molar-refractivity contribution in [3.05, 3.63) is 58.4 Å². The van der Waals surface area contributed by atoms with E-state index in [0.717, 1.165) is 52.6 Å². The number of benzene rings is 1. The van der Waals surface area contributed by atoms with Crippen molar-refractivity contribution in [1.82, 2.24) is 19.3 Å². The molecule has 0 aliphatic carbocycles. The molecule has 3 aromatic heterocycles. The van der Waals surface area contributed by atoms with Gasteiger partial charge >= 0.3 is 0 Å². The molecule has 0 saturated carbocycles. The van der Waals surface area contributed by atoms with Crippen LogP contribution in [0.1, 0.15) is 31.2 Å². The van der Waals surface area contributed by atoms with Gasteiger partial charge in [-0.05, 0) is 50.5 Å². The zero-order valence-electron chi connectivity index (χ0n) is 14.9. The molecular weight excluding hydrogens is 347 g/mol. The molecular formula is C20H19FN4O2. The highest BCUT2D eigenvalue weighted by Gasteiger charge is 2.24. The number of rotatable bonds is 2. The van der Waals surface area contributed by atoms with E-state index in [2.05, 4.69) is 10.1 Å². The molecule has 1 saturated heterocycles. The first-order valence-corrected chi connectivity index (χ1v) is 9.12. The van der Waals surface area contributed by atoms with Crippen LogP contribution in [-0.2, 0) is 4.74 Å². The molecule has 27 heavy (non-hydrogen) atoms. The average molecular weight is 366 g/mol. The molecule has 1 unspecified atom stereocenters. The van der Waals surface area contributed by atoms with Gasteiger partial charge in [0.15, 0.2) is 6.23 Å². The van der Waals surface area contributed by atoms with E-state index in [0.29, 0.717) is 6.61 Å². The molecule has 0 amide bonds. The number of hydrogen-bond acceptors (Lipinski definition) is 3. The second-order valence-electron chi connectivity index (χ2n) is 6.97. The van der Waals surface area contributed by atoms with Gasteiger partial charge in [-0.3, -0.25) is 4.79 Å². The van der Waals surface area contributed by atoms with Crippen molar-refractivity contribution in [2.24, 2.45) is 0 Å². The van der Waals surface area contributed by atoms with Crippen LogP contribution in [-0.4, -0.2) is 25.9 Å². The Balaban J connectivity index is 1.85. The molecule has 1 aliphatic heterocycles. The summed E-state index contributed by atoms with van der Waals surface area (Å²) in [6.45, 7) is 2.56. The van der Waals surface area contributed by atoms with Crippen molar-refractivity contribution < 1.29 is 9.13 Å². The number of aromatic nitrogens is 4. The van der Waals surface area contributed by atoms with E-state index in [1.807, 2.05) is 16.2 Å². The lowest BCUT2D eigenvalue weighted by molar-refractivity contribution is -0.0365. The average Bonchev–Trinajstić information content (AvgIpc) is 3.21. The Morgan fingerprint density at radius 3 is 2.89 bits per heavy atom. The van der Waals surface area contributed by atoms with Gasteiger partial charge in [-0.25, -0.2) is 9.07 Å². The molecule has 4 aromatic rings. The number of fused-ring (bicyclic) bond motifs is 3. The van der Waals surface area contributed by atoms with Gasteiger partial charge in [0.25, 0.3) is 0 Å². The number of pyridine rings is 1. The predicted molar refractivity (Wildman–Crippen MR) is 101 cm³/mol. The number of hydrogen-bond donors (Lipinski definition) is 1. The first kappa shape index (κ1) is 16.3. The molecule has 1 aromatic carbocycles. The number of nitrogens with one attached hydrogen (secondary N) is 1. The molecule has 0 bridgehead atoms. The highest BCUT2D eigenvalue weighted by atomic mass is 19.1. The summed E-state index contributed by atoms with van der Waals surface area (Å²) in [5.74, 6) is -0.294. The maximum Gasteiger partial charge on any atom is 0.248 e. The number of aryl methyl sites for hydroxylation is 1. The molecule has 0 spiro atoms. The largest absolute Gasteiger partial charge is 0.356 e. The van der Waals surface area contributed by atoms with Crippen LogP contribution in [0.3, 0.4) is 0 Å². The van der Waals surface area contributed by atoms with Crippen LogP contribution in [0.5, 0.6) is 0 Å². The monoisotopic (exact) mass is 366 g/mol. The number of halogens is 1. The summed E-state index contributed by atoms with van der Waals surface area (Å²) >= 11 is 0. The summed E-state index contributed by atoms with van der Waals surface area (Å²) in [7, 11) is 0. The lowest BCUT2D eigenvalue weighted by atomic mass is 10.2. The van der Waals surface area contributed by atoms with Crippen molar-refractivity contribution in [1.29, 1.82) is 0 Å². The summed E-state index contributed by atoms with van der Waals surface area (Å²) in [6, 6.07) is 8.04. The Morgan fingerprint density at radius 2 is 2.11 bits per heavy atom. The van der Waals surface area contributed by atoms with Crippen LogP contribution in [0.4, 0.5) is 4.39 Å². The third-order valence-corrected chi connectivity index (χ3v) is 5.23. The maximum atomic E-state index is 14.1. The van der Waals surface area contributed by atoms with Crippen molar-refractivity contribution in [2.45, 2.75) is 32.4 Å². The minimum Gasteiger partial charge on any atom is -0.356 e. The summed E-state index contributed by atoms with van der Waals surface area (Å²) in [5, 5.41) is 5.35. The first-order valence-electron chi connectivity index (χ1n) is 9.12. The Hall–Kier alpha value is -2.93. The molecule has 0 radical (unpaired) electrons. The number of ether oxygens (including phenoxy) is 1. The highest BCUT2D eigenvalue weighted by molar-refractivity contribution is 6.07. The third-order valence-electron chi connectivity index (χ3n) is 5.23. The van der Waals surface area contributed by atoms with Gasteiger partial charge in [-0.2, -0.15) is 5.10 Å². The van der Waals surface area contributed by atoms with Crippen molar-refractivity contribution in [3.8, 4) is 5.69 Å². The predicted octanol–water partition coefficient (Wildman–Crippen LogP) is 3.82. The smallest absolute Gasteiger partial charge is 0.248 e. The van der Waals surface area contributed by atoms with Crippen LogP contribution in [0, 0.1) is 12.7 Å². The molecule has 6 nitrogen and oxygen atoms in total. The molecule has 1 aliphatic rings. The van der Waals surface area contributed by atoms with Crippen molar-refractivity contribution in [3.63, 3.8) is 0 Å². The summed E-state index contributed by atoms with van der Waals surface area (Å²) < 4.78 is 23.9. The van der Waals surface area contributed by atoms with Crippen LogP contribution < -0.4 is 5.56 Å². The van der Waals surface area contributed by atoms with E-state index in [1.165, 1.54) is 18.2 Å². The van der Waals surface area contributed by atoms with E-state index in [1.54, 1.807) is 18.3 Å². The fraction of sp³-hybridized carbons (Fsp3) is 0.300. The first-order chi connectivity index (χ1) is 13.1. The quantitative estimate of drug-likeness (QED) is 0.587. The molecule has 4 heterocycles. The fourth-order valence-electron chi connectivity index (χ4n) is 4.01. The lowest BCUT2D eigenvalue weighted by Crippen LogP contribution is -2.18. The minimum absolute atomic E-state index is 0.143. The van der Waals surface area contributed by atoms with E-state index in [-0.39, 0.29) is 17.6 Å². The fourth-order valence-corrected chi connectivity index (χ4v) is 4.01. The maximum absolute atomic E-state index is 14.1. The number of nitrogens with zero attached hydrogens (tertiary/aromatic N) is 3. The lowest BCUT2D eigenvalue weighted by Gasteiger charge is -2.23. The Labute approximate surface area is 154 Å². The molecule has 138 valence electrons. The van der Waals surface area contributed by atoms with Crippen LogP contribution in [0.2, 0.25) is 0 Å². The second-order valence-corrected chi connectivity index (χ2v) is 6.97. The topological polar surface area (TPSA) is 64.8 Å². The number of aromatic amines is 1. The van der Waals surface area contributed by atoms with Gasteiger partial charge in [-0.15, -0.1) is 0 Å². The van der Waals surface area contributed by atoms with Gasteiger partial charge in [0.05, 0.1) is 28.4 Å². The SMILES string of the molecule is Cc1[nH]c(=O)ccc1-n1c2ccc(F)cc2c2c1cnn2C1CCCCO1.